The fourth-order valence-corrected chi connectivity index (χ4v) is 5.00. The van der Waals surface area contributed by atoms with E-state index in [4.69, 9.17) is 9.47 Å². The predicted molar refractivity (Wildman–Crippen MR) is 130 cm³/mol. The first-order valence-corrected chi connectivity index (χ1v) is 13.4. The van der Waals surface area contributed by atoms with Crippen LogP contribution in [0.3, 0.4) is 0 Å². The van der Waals surface area contributed by atoms with Crippen LogP contribution in [0.2, 0.25) is 0 Å². The highest BCUT2D eigenvalue weighted by Crippen LogP contribution is 2.35. The zero-order valence-electron chi connectivity index (χ0n) is 21.5. The summed E-state index contributed by atoms with van der Waals surface area (Å²) in [6.07, 6.45) is 19.1. The van der Waals surface area contributed by atoms with Crippen molar-refractivity contribution in [2.75, 3.05) is 0 Å². The maximum Gasteiger partial charge on any atom is 0.509 e. The smallest absolute Gasteiger partial charge is 0.428 e. The number of rotatable bonds is 20. The van der Waals surface area contributed by atoms with Crippen molar-refractivity contribution in [1.82, 2.24) is 0 Å². The highest BCUT2D eigenvalue weighted by atomic mass is 16.7. The number of carbonyl (C=O) groups excluding carboxylic acids is 1. The SMILES string of the molecule is CCCCCCC(CCC)(CCC)OC(=O)OC(CCC)(CCC)CCCCCC. The van der Waals surface area contributed by atoms with E-state index in [1.807, 2.05) is 0 Å². The van der Waals surface area contributed by atoms with Gasteiger partial charge in [0.15, 0.2) is 0 Å². The van der Waals surface area contributed by atoms with E-state index in [9.17, 15) is 4.79 Å². The van der Waals surface area contributed by atoms with Crippen LogP contribution < -0.4 is 0 Å². The Labute approximate surface area is 189 Å². The second-order valence-corrected chi connectivity index (χ2v) is 9.44. The monoisotopic (exact) mass is 426 g/mol. The maximum absolute atomic E-state index is 13.1. The highest BCUT2D eigenvalue weighted by Gasteiger charge is 2.37. The molecule has 0 aliphatic carbocycles. The van der Waals surface area contributed by atoms with Gasteiger partial charge in [0.2, 0.25) is 0 Å². The van der Waals surface area contributed by atoms with Crippen LogP contribution in [-0.4, -0.2) is 17.4 Å². The molecular formula is C27H54O3. The first kappa shape index (κ1) is 29.3. The Balaban J connectivity index is 5.26. The molecule has 0 unspecified atom stereocenters. The van der Waals surface area contributed by atoms with E-state index in [0.29, 0.717) is 0 Å². The van der Waals surface area contributed by atoms with Crippen molar-refractivity contribution < 1.29 is 14.3 Å². The van der Waals surface area contributed by atoms with Gasteiger partial charge in [0, 0.05) is 0 Å². The zero-order valence-corrected chi connectivity index (χ0v) is 21.5. The van der Waals surface area contributed by atoms with Crippen LogP contribution in [0.4, 0.5) is 4.79 Å². The largest absolute Gasteiger partial charge is 0.509 e. The van der Waals surface area contributed by atoms with E-state index in [1.165, 1.54) is 38.5 Å². The molecule has 0 amide bonds. The van der Waals surface area contributed by atoms with Crippen molar-refractivity contribution in [3.8, 4) is 0 Å². The van der Waals surface area contributed by atoms with Gasteiger partial charge in [0.25, 0.3) is 0 Å². The van der Waals surface area contributed by atoms with Crippen molar-refractivity contribution in [3.05, 3.63) is 0 Å². The summed E-state index contributed by atoms with van der Waals surface area (Å²) >= 11 is 0. The van der Waals surface area contributed by atoms with Gasteiger partial charge in [-0.05, 0) is 51.4 Å². The second kappa shape index (κ2) is 17.9. The van der Waals surface area contributed by atoms with Crippen molar-refractivity contribution >= 4 is 6.16 Å². The molecule has 0 aromatic carbocycles. The molecule has 3 nitrogen and oxygen atoms in total. The Bertz CT molecular complexity index is 357. The lowest BCUT2D eigenvalue weighted by Crippen LogP contribution is -2.41. The molecular weight excluding hydrogens is 372 g/mol. The maximum atomic E-state index is 13.1. The molecule has 30 heavy (non-hydrogen) atoms. The van der Waals surface area contributed by atoms with E-state index in [0.717, 1.165) is 77.0 Å². The number of carbonyl (C=O) groups is 1. The lowest BCUT2D eigenvalue weighted by Gasteiger charge is -2.37. The van der Waals surface area contributed by atoms with Gasteiger partial charge in [-0.25, -0.2) is 4.79 Å². The Morgan fingerprint density at radius 2 is 0.800 bits per heavy atom. The minimum absolute atomic E-state index is 0.347. The molecule has 0 aromatic rings. The van der Waals surface area contributed by atoms with Gasteiger partial charge in [-0.1, -0.05) is 106 Å². The minimum Gasteiger partial charge on any atom is -0.428 e. The average molecular weight is 427 g/mol. The molecule has 0 aromatic heterocycles. The lowest BCUT2D eigenvalue weighted by molar-refractivity contribution is -0.0990. The summed E-state index contributed by atoms with van der Waals surface area (Å²) in [6, 6.07) is 0. The quantitative estimate of drug-likeness (QED) is 0.143. The molecule has 0 spiro atoms. The molecule has 0 radical (unpaired) electrons. The molecule has 0 aliphatic heterocycles. The molecule has 0 N–H and O–H groups in total. The van der Waals surface area contributed by atoms with E-state index in [2.05, 4.69) is 41.5 Å². The summed E-state index contributed by atoms with van der Waals surface area (Å²) in [7, 11) is 0. The topological polar surface area (TPSA) is 35.5 Å². The van der Waals surface area contributed by atoms with Crippen LogP contribution in [0, 0.1) is 0 Å². The molecule has 0 rings (SSSR count). The van der Waals surface area contributed by atoms with Gasteiger partial charge in [-0.3, -0.25) is 0 Å². The van der Waals surface area contributed by atoms with Crippen LogP contribution >= 0.6 is 0 Å². The third-order valence-corrected chi connectivity index (χ3v) is 6.39. The standard InChI is InChI=1S/C27H54O3/c1-7-13-15-17-23-26(19-9-3,20-10-4)29-25(28)30-27(21-11-5,22-12-6)24-18-16-14-8-2/h7-24H2,1-6H3. The Hall–Kier alpha value is -0.730. The molecule has 3 heteroatoms. The third-order valence-electron chi connectivity index (χ3n) is 6.39. The van der Waals surface area contributed by atoms with Gasteiger partial charge < -0.3 is 9.47 Å². The molecule has 0 atom stereocenters. The van der Waals surface area contributed by atoms with Crippen LogP contribution in [-0.2, 0) is 9.47 Å². The van der Waals surface area contributed by atoms with Crippen molar-refractivity contribution in [1.29, 1.82) is 0 Å². The van der Waals surface area contributed by atoms with Crippen LogP contribution in [0.1, 0.15) is 157 Å². The first-order valence-electron chi connectivity index (χ1n) is 13.4. The number of ether oxygens (including phenoxy) is 2. The van der Waals surface area contributed by atoms with E-state index in [1.54, 1.807) is 0 Å². The molecule has 0 fully saturated rings. The normalized spacial score (nSPS) is 12.2. The fourth-order valence-electron chi connectivity index (χ4n) is 5.00. The van der Waals surface area contributed by atoms with Crippen molar-refractivity contribution in [2.24, 2.45) is 0 Å². The molecule has 0 heterocycles. The van der Waals surface area contributed by atoms with Crippen molar-refractivity contribution in [3.63, 3.8) is 0 Å². The molecule has 0 saturated carbocycles. The first-order chi connectivity index (χ1) is 14.5. The average Bonchev–Trinajstić information content (AvgIpc) is 2.69. The zero-order chi connectivity index (χ0) is 22.7. The van der Waals surface area contributed by atoms with Crippen LogP contribution in [0.25, 0.3) is 0 Å². The second-order valence-electron chi connectivity index (χ2n) is 9.44. The van der Waals surface area contributed by atoms with E-state index in [-0.39, 0.29) is 11.2 Å². The summed E-state index contributed by atoms with van der Waals surface area (Å²) < 4.78 is 12.4. The van der Waals surface area contributed by atoms with Crippen LogP contribution in [0.5, 0.6) is 0 Å². The Morgan fingerprint density at radius 3 is 1.07 bits per heavy atom. The summed E-state index contributed by atoms with van der Waals surface area (Å²) in [5, 5.41) is 0. The highest BCUT2D eigenvalue weighted by molar-refractivity contribution is 5.61. The molecule has 0 bridgehead atoms. The Kier molecular flexibility index (Phi) is 17.5. The predicted octanol–water partition coefficient (Wildman–Crippen LogP) is 9.76. The summed E-state index contributed by atoms with van der Waals surface area (Å²) in [5.74, 6) is 0. The van der Waals surface area contributed by atoms with E-state index < -0.39 is 6.16 Å². The summed E-state index contributed by atoms with van der Waals surface area (Å²) in [6.45, 7) is 13.2. The van der Waals surface area contributed by atoms with Crippen molar-refractivity contribution in [2.45, 2.75) is 168 Å². The van der Waals surface area contributed by atoms with Gasteiger partial charge in [-0.2, -0.15) is 0 Å². The summed E-state index contributed by atoms with van der Waals surface area (Å²) in [4.78, 5) is 13.1. The molecule has 180 valence electrons. The van der Waals surface area contributed by atoms with Crippen LogP contribution in [0.15, 0.2) is 0 Å². The number of unbranched alkanes of at least 4 members (excludes halogenated alkanes) is 6. The minimum atomic E-state index is -0.412. The third kappa shape index (κ3) is 12.2. The molecule has 0 aliphatic rings. The summed E-state index contributed by atoms with van der Waals surface area (Å²) in [5.41, 5.74) is -0.693. The van der Waals surface area contributed by atoms with E-state index >= 15 is 0 Å². The molecule has 0 saturated heterocycles. The number of hydrogen-bond acceptors (Lipinski definition) is 3. The van der Waals surface area contributed by atoms with Gasteiger partial charge in [0.05, 0.1) is 0 Å². The van der Waals surface area contributed by atoms with Gasteiger partial charge in [0.1, 0.15) is 11.2 Å². The fraction of sp³-hybridized carbons (Fsp3) is 0.963. The Morgan fingerprint density at radius 1 is 0.467 bits per heavy atom. The number of hydrogen-bond donors (Lipinski definition) is 0. The van der Waals surface area contributed by atoms with Gasteiger partial charge in [-0.15, -0.1) is 0 Å². The van der Waals surface area contributed by atoms with Gasteiger partial charge >= 0.3 is 6.16 Å². The lowest BCUT2D eigenvalue weighted by atomic mass is 9.86.